The fourth-order valence-corrected chi connectivity index (χ4v) is 2.43. The fourth-order valence-electron chi connectivity index (χ4n) is 2.02. The van der Waals surface area contributed by atoms with Crippen molar-refractivity contribution in [2.24, 2.45) is 0 Å². The highest BCUT2D eigenvalue weighted by molar-refractivity contribution is 6.32. The summed E-state index contributed by atoms with van der Waals surface area (Å²) in [6.07, 6.45) is -4.15. The van der Waals surface area contributed by atoms with Crippen molar-refractivity contribution in [3.05, 3.63) is 34.3 Å². The van der Waals surface area contributed by atoms with Crippen molar-refractivity contribution in [2.75, 3.05) is 13.1 Å². The highest BCUT2D eigenvalue weighted by atomic mass is 35.5. The van der Waals surface area contributed by atoms with Crippen molar-refractivity contribution < 1.29 is 18.3 Å². The molecule has 1 aromatic carbocycles. The van der Waals surface area contributed by atoms with Gasteiger partial charge in [0, 0.05) is 12.1 Å². The van der Waals surface area contributed by atoms with Gasteiger partial charge in [-0.3, -0.25) is 0 Å². The Morgan fingerprint density at radius 3 is 2.59 bits per heavy atom. The average Bonchev–Trinajstić information content (AvgIpc) is 2.64. The van der Waals surface area contributed by atoms with Crippen LogP contribution in [-0.4, -0.2) is 18.2 Å². The van der Waals surface area contributed by atoms with Crippen LogP contribution in [-0.2, 0) is 11.8 Å². The predicted octanol–water partition coefficient (Wildman–Crippen LogP) is 2.54. The normalized spacial score (nSPS) is 25.2. The molecule has 17 heavy (non-hydrogen) atoms. The first-order valence-electron chi connectivity index (χ1n) is 5.14. The molecule has 0 spiro atoms. The SMILES string of the molecule is OC1(c2cccc(C(F)(F)F)c2Cl)CCNC1. The van der Waals surface area contributed by atoms with Gasteiger partial charge in [-0.1, -0.05) is 23.7 Å². The minimum atomic E-state index is -4.50. The van der Waals surface area contributed by atoms with Crippen LogP contribution in [0.2, 0.25) is 5.02 Å². The monoisotopic (exact) mass is 265 g/mol. The van der Waals surface area contributed by atoms with Gasteiger partial charge in [-0.2, -0.15) is 13.2 Å². The van der Waals surface area contributed by atoms with Crippen LogP contribution in [0.3, 0.4) is 0 Å². The molecule has 0 bridgehead atoms. The van der Waals surface area contributed by atoms with Crippen LogP contribution in [0.25, 0.3) is 0 Å². The fraction of sp³-hybridized carbons (Fsp3) is 0.455. The van der Waals surface area contributed by atoms with Crippen molar-refractivity contribution in [1.29, 1.82) is 0 Å². The Morgan fingerprint density at radius 1 is 1.35 bits per heavy atom. The number of hydrogen-bond acceptors (Lipinski definition) is 2. The van der Waals surface area contributed by atoms with Crippen LogP contribution in [0, 0.1) is 0 Å². The van der Waals surface area contributed by atoms with Crippen molar-refractivity contribution >= 4 is 11.6 Å². The first kappa shape index (κ1) is 12.7. The molecule has 1 unspecified atom stereocenters. The lowest BCUT2D eigenvalue weighted by Crippen LogP contribution is -2.29. The van der Waals surface area contributed by atoms with E-state index in [0.717, 1.165) is 6.07 Å². The van der Waals surface area contributed by atoms with Crippen LogP contribution in [0.5, 0.6) is 0 Å². The van der Waals surface area contributed by atoms with Crippen molar-refractivity contribution in [3.8, 4) is 0 Å². The zero-order valence-corrected chi connectivity index (χ0v) is 9.57. The lowest BCUT2D eigenvalue weighted by Gasteiger charge is -2.24. The van der Waals surface area contributed by atoms with Crippen LogP contribution in [0.4, 0.5) is 13.2 Å². The molecule has 0 aliphatic carbocycles. The number of nitrogens with one attached hydrogen (secondary N) is 1. The number of benzene rings is 1. The molecule has 1 atom stereocenters. The minimum absolute atomic E-state index is 0.138. The Balaban J connectivity index is 2.49. The largest absolute Gasteiger partial charge is 0.417 e. The van der Waals surface area contributed by atoms with Gasteiger partial charge < -0.3 is 10.4 Å². The highest BCUT2D eigenvalue weighted by Gasteiger charge is 2.39. The van der Waals surface area contributed by atoms with E-state index in [2.05, 4.69) is 5.32 Å². The third kappa shape index (κ3) is 2.27. The maximum atomic E-state index is 12.7. The highest BCUT2D eigenvalue weighted by Crippen LogP contribution is 2.40. The van der Waals surface area contributed by atoms with Gasteiger partial charge in [-0.25, -0.2) is 0 Å². The molecule has 2 N–H and O–H groups in total. The molecule has 0 saturated carbocycles. The maximum Gasteiger partial charge on any atom is 0.417 e. The number of alkyl halides is 3. The molecule has 1 heterocycles. The van der Waals surface area contributed by atoms with E-state index in [-0.39, 0.29) is 12.1 Å². The van der Waals surface area contributed by atoms with Gasteiger partial charge >= 0.3 is 6.18 Å². The van der Waals surface area contributed by atoms with Crippen molar-refractivity contribution in [2.45, 2.75) is 18.2 Å². The Labute approximate surface area is 101 Å². The van der Waals surface area contributed by atoms with E-state index in [1.54, 1.807) is 0 Å². The number of halogens is 4. The molecule has 0 aromatic heterocycles. The molecule has 2 nitrogen and oxygen atoms in total. The van der Waals surface area contributed by atoms with Crippen LogP contribution >= 0.6 is 11.6 Å². The standard InChI is InChI=1S/C11H11ClF3NO/c12-9-7(10(17)4-5-16-6-10)2-1-3-8(9)11(13,14)15/h1-3,16-17H,4-6H2. The molecule has 6 heteroatoms. The average molecular weight is 266 g/mol. The summed E-state index contributed by atoms with van der Waals surface area (Å²) in [4.78, 5) is 0. The number of β-amino-alcohol motifs (C(OH)–C–C–N with tert-alkyl or cyclic N) is 1. The lowest BCUT2D eigenvalue weighted by atomic mass is 9.91. The Morgan fingerprint density at radius 2 is 2.06 bits per heavy atom. The molecule has 1 aromatic rings. The molecule has 1 fully saturated rings. The van der Waals surface area contributed by atoms with Crippen molar-refractivity contribution in [3.63, 3.8) is 0 Å². The second-order valence-corrected chi connectivity index (χ2v) is 4.50. The maximum absolute atomic E-state index is 12.7. The molecule has 0 radical (unpaired) electrons. The molecule has 0 amide bonds. The predicted molar refractivity (Wildman–Crippen MR) is 57.8 cm³/mol. The topological polar surface area (TPSA) is 32.3 Å². The van der Waals surface area contributed by atoms with E-state index in [1.165, 1.54) is 12.1 Å². The zero-order valence-electron chi connectivity index (χ0n) is 8.81. The summed E-state index contributed by atoms with van der Waals surface area (Å²) in [6, 6.07) is 3.61. The Bertz CT molecular complexity index is 427. The van der Waals surface area contributed by atoms with Gasteiger partial charge in [0.2, 0.25) is 0 Å². The number of hydrogen-bond donors (Lipinski definition) is 2. The summed E-state index contributed by atoms with van der Waals surface area (Å²) in [6.45, 7) is 0.775. The van der Waals surface area contributed by atoms with E-state index in [4.69, 9.17) is 11.6 Å². The third-order valence-electron chi connectivity index (χ3n) is 2.94. The first-order valence-corrected chi connectivity index (χ1v) is 5.52. The van der Waals surface area contributed by atoms with Gasteiger partial charge in [-0.15, -0.1) is 0 Å². The van der Waals surface area contributed by atoms with E-state index in [1.807, 2.05) is 0 Å². The quantitative estimate of drug-likeness (QED) is 0.818. The molecule has 1 saturated heterocycles. The van der Waals surface area contributed by atoms with Gasteiger partial charge in [0.1, 0.15) is 5.60 Å². The summed E-state index contributed by atoms with van der Waals surface area (Å²) < 4.78 is 38.0. The minimum Gasteiger partial charge on any atom is -0.384 e. The second-order valence-electron chi connectivity index (χ2n) is 4.12. The van der Waals surface area contributed by atoms with Gasteiger partial charge in [0.25, 0.3) is 0 Å². The third-order valence-corrected chi connectivity index (χ3v) is 3.35. The molecular weight excluding hydrogens is 255 g/mol. The van der Waals surface area contributed by atoms with Crippen LogP contribution in [0.1, 0.15) is 17.5 Å². The lowest BCUT2D eigenvalue weighted by molar-refractivity contribution is -0.137. The summed E-state index contributed by atoms with van der Waals surface area (Å²) in [5.74, 6) is 0. The van der Waals surface area contributed by atoms with Gasteiger partial charge in [0.05, 0.1) is 10.6 Å². The summed E-state index contributed by atoms with van der Waals surface area (Å²) in [7, 11) is 0. The summed E-state index contributed by atoms with van der Waals surface area (Å²) in [5.41, 5.74) is -2.07. The smallest absolute Gasteiger partial charge is 0.384 e. The molecule has 1 aliphatic heterocycles. The van der Waals surface area contributed by atoms with Gasteiger partial charge in [0.15, 0.2) is 0 Å². The first-order chi connectivity index (χ1) is 7.84. The zero-order chi connectivity index (χ0) is 12.7. The van der Waals surface area contributed by atoms with Crippen molar-refractivity contribution in [1.82, 2.24) is 5.32 Å². The van der Waals surface area contributed by atoms with E-state index >= 15 is 0 Å². The number of rotatable bonds is 1. The second kappa shape index (κ2) is 4.15. The molecule has 1 aliphatic rings. The molecular formula is C11H11ClF3NO. The van der Waals surface area contributed by atoms with Crippen LogP contribution in [0.15, 0.2) is 18.2 Å². The Kier molecular flexibility index (Phi) is 3.10. The number of aliphatic hydroxyl groups is 1. The van der Waals surface area contributed by atoms with E-state index in [9.17, 15) is 18.3 Å². The molecule has 94 valence electrons. The molecule has 2 rings (SSSR count). The van der Waals surface area contributed by atoms with Gasteiger partial charge in [-0.05, 0) is 19.0 Å². The van der Waals surface area contributed by atoms with E-state index in [0.29, 0.717) is 13.0 Å². The Hall–Kier alpha value is -0.780. The summed E-state index contributed by atoms with van der Waals surface area (Å²) in [5, 5.41) is 12.7. The van der Waals surface area contributed by atoms with Crippen LogP contribution < -0.4 is 5.32 Å². The van der Waals surface area contributed by atoms with E-state index < -0.39 is 22.4 Å². The summed E-state index contributed by atoms with van der Waals surface area (Å²) >= 11 is 5.76.